The van der Waals surface area contributed by atoms with Gasteiger partial charge in [-0.1, -0.05) is 164 Å². The van der Waals surface area contributed by atoms with Gasteiger partial charge in [0.05, 0.1) is 0 Å². The Hall–Kier alpha value is -1.83. The fourth-order valence-electron chi connectivity index (χ4n) is 5.86. The Bertz CT molecular complexity index is 849. The van der Waals surface area contributed by atoms with Crippen LogP contribution in [0.4, 0.5) is 0 Å². The summed E-state index contributed by atoms with van der Waals surface area (Å²) in [6.07, 6.45) is 38.7. The third kappa shape index (κ3) is 19.8. The number of ether oxygens (including phenoxy) is 1. The van der Waals surface area contributed by atoms with E-state index in [0.717, 1.165) is 18.4 Å². The average molecular weight is 567 g/mol. The standard InChI is InChI=1S/C39H66O2/c1-7-8-9-10-11-12-13-14-15-16-17-18-19-20-21-22-28-38(40)41-33-31-35(3)26-23-25-34(2)29-30-37-36(4)27-24-32-39(37,5)6/h23,25-26,29-31H,7-22,24,27-28,32-33H2,1-6H3. The van der Waals surface area contributed by atoms with Crippen LogP contribution in [-0.4, -0.2) is 12.6 Å². The molecule has 0 atom stereocenters. The molecule has 2 heteroatoms. The minimum atomic E-state index is -0.0699. The van der Waals surface area contributed by atoms with Crippen molar-refractivity contribution in [2.24, 2.45) is 5.41 Å². The largest absolute Gasteiger partial charge is 0.461 e. The highest BCUT2D eigenvalue weighted by Crippen LogP contribution is 2.40. The van der Waals surface area contributed by atoms with Crippen molar-refractivity contribution in [1.82, 2.24) is 0 Å². The molecule has 0 heterocycles. The van der Waals surface area contributed by atoms with Gasteiger partial charge in [0.2, 0.25) is 0 Å². The number of allylic oxidation sites excluding steroid dienone is 9. The second-order valence-corrected chi connectivity index (χ2v) is 13.2. The summed E-state index contributed by atoms with van der Waals surface area (Å²) in [5.74, 6) is -0.0699. The van der Waals surface area contributed by atoms with E-state index >= 15 is 0 Å². The van der Waals surface area contributed by atoms with E-state index in [1.54, 1.807) is 0 Å². The summed E-state index contributed by atoms with van der Waals surface area (Å²) in [6.45, 7) is 13.8. The van der Waals surface area contributed by atoms with Gasteiger partial charge in [0.15, 0.2) is 0 Å². The third-order valence-electron chi connectivity index (χ3n) is 8.66. The zero-order valence-corrected chi connectivity index (χ0v) is 28.1. The van der Waals surface area contributed by atoms with Crippen molar-refractivity contribution in [2.75, 3.05) is 6.61 Å². The quantitative estimate of drug-likeness (QED) is 0.0698. The van der Waals surface area contributed by atoms with E-state index in [1.807, 2.05) is 6.08 Å². The van der Waals surface area contributed by atoms with Crippen LogP contribution in [0.25, 0.3) is 0 Å². The Morgan fingerprint density at radius 1 is 0.780 bits per heavy atom. The minimum absolute atomic E-state index is 0.0699. The Morgan fingerprint density at radius 2 is 1.32 bits per heavy atom. The molecule has 0 aromatic rings. The molecular weight excluding hydrogens is 500 g/mol. The molecule has 0 bridgehead atoms. The van der Waals surface area contributed by atoms with Gasteiger partial charge in [0, 0.05) is 6.42 Å². The van der Waals surface area contributed by atoms with Crippen molar-refractivity contribution in [3.8, 4) is 0 Å². The summed E-state index contributed by atoms with van der Waals surface area (Å²) in [6, 6.07) is 0. The molecule has 0 saturated carbocycles. The number of unbranched alkanes of at least 4 members (excludes halogenated alkanes) is 15. The molecule has 0 fully saturated rings. The van der Waals surface area contributed by atoms with Crippen LogP contribution in [0.5, 0.6) is 0 Å². The van der Waals surface area contributed by atoms with Gasteiger partial charge in [-0.3, -0.25) is 4.79 Å². The molecule has 0 spiro atoms. The number of carbonyl (C=O) groups is 1. The van der Waals surface area contributed by atoms with E-state index in [4.69, 9.17) is 4.74 Å². The van der Waals surface area contributed by atoms with Crippen molar-refractivity contribution in [3.63, 3.8) is 0 Å². The van der Waals surface area contributed by atoms with E-state index in [1.165, 1.54) is 126 Å². The van der Waals surface area contributed by atoms with E-state index in [-0.39, 0.29) is 11.4 Å². The Labute approximate surface area is 255 Å². The molecule has 0 saturated heterocycles. The van der Waals surface area contributed by atoms with Gasteiger partial charge < -0.3 is 4.74 Å². The van der Waals surface area contributed by atoms with Crippen molar-refractivity contribution in [1.29, 1.82) is 0 Å². The highest BCUT2D eigenvalue weighted by molar-refractivity contribution is 5.69. The molecule has 0 amide bonds. The van der Waals surface area contributed by atoms with Gasteiger partial charge in [-0.25, -0.2) is 0 Å². The molecule has 0 aliphatic heterocycles. The molecule has 2 nitrogen and oxygen atoms in total. The monoisotopic (exact) mass is 567 g/mol. The molecule has 0 aromatic carbocycles. The van der Waals surface area contributed by atoms with E-state index < -0.39 is 0 Å². The molecule has 0 aromatic heterocycles. The predicted octanol–water partition coefficient (Wildman–Crippen LogP) is 12.7. The van der Waals surface area contributed by atoms with Crippen molar-refractivity contribution in [2.45, 2.75) is 170 Å². The van der Waals surface area contributed by atoms with E-state index in [2.05, 4.69) is 71.9 Å². The zero-order chi connectivity index (χ0) is 30.2. The number of carbonyl (C=O) groups excluding carboxylic acids is 1. The second kappa shape index (κ2) is 23.7. The summed E-state index contributed by atoms with van der Waals surface area (Å²) in [4.78, 5) is 12.1. The number of hydrogen-bond donors (Lipinski definition) is 0. The van der Waals surface area contributed by atoms with Gasteiger partial charge in [0.1, 0.15) is 6.61 Å². The molecule has 0 unspecified atom stereocenters. The van der Waals surface area contributed by atoms with E-state index in [0.29, 0.717) is 13.0 Å². The lowest BCUT2D eigenvalue weighted by atomic mass is 9.72. The molecule has 1 rings (SSSR count). The summed E-state index contributed by atoms with van der Waals surface area (Å²) >= 11 is 0. The first-order valence-electron chi connectivity index (χ1n) is 17.3. The van der Waals surface area contributed by atoms with Crippen LogP contribution in [0.15, 0.2) is 58.7 Å². The molecule has 41 heavy (non-hydrogen) atoms. The van der Waals surface area contributed by atoms with Gasteiger partial charge in [-0.2, -0.15) is 0 Å². The SMILES string of the molecule is CCCCCCCCCCCCCCCCCCC(=O)OCC=C(C)C=CC=C(C)C=CC1=C(C)CCCC1(C)C. The first-order chi connectivity index (χ1) is 19.8. The molecule has 0 N–H and O–H groups in total. The van der Waals surface area contributed by atoms with Crippen LogP contribution in [0.1, 0.15) is 170 Å². The van der Waals surface area contributed by atoms with Crippen LogP contribution in [0.3, 0.4) is 0 Å². The van der Waals surface area contributed by atoms with Gasteiger partial charge in [0.25, 0.3) is 0 Å². The van der Waals surface area contributed by atoms with Crippen molar-refractivity contribution < 1.29 is 9.53 Å². The van der Waals surface area contributed by atoms with Gasteiger partial charge in [-0.05, 0) is 63.5 Å². The van der Waals surface area contributed by atoms with Crippen LogP contribution in [0, 0.1) is 5.41 Å². The highest BCUT2D eigenvalue weighted by atomic mass is 16.5. The maximum Gasteiger partial charge on any atom is 0.306 e. The molecule has 234 valence electrons. The van der Waals surface area contributed by atoms with Crippen LogP contribution < -0.4 is 0 Å². The molecule has 1 aliphatic rings. The lowest BCUT2D eigenvalue weighted by molar-refractivity contribution is -0.142. The highest BCUT2D eigenvalue weighted by Gasteiger charge is 2.26. The topological polar surface area (TPSA) is 26.3 Å². The lowest BCUT2D eigenvalue weighted by Gasteiger charge is -2.32. The Morgan fingerprint density at radius 3 is 1.85 bits per heavy atom. The Balaban J connectivity index is 2.06. The van der Waals surface area contributed by atoms with Crippen molar-refractivity contribution >= 4 is 5.97 Å². The molecule has 0 radical (unpaired) electrons. The molecule has 1 aliphatic carbocycles. The fraction of sp³-hybridized carbons (Fsp3) is 0.718. The summed E-state index contributed by atoms with van der Waals surface area (Å²) in [7, 11) is 0. The smallest absolute Gasteiger partial charge is 0.306 e. The fourth-order valence-corrected chi connectivity index (χ4v) is 5.86. The summed E-state index contributed by atoms with van der Waals surface area (Å²) < 4.78 is 5.42. The van der Waals surface area contributed by atoms with Crippen LogP contribution in [-0.2, 0) is 9.53 Å². The van der Waals surface area contributed by atoms with Gasteiger partial charge >= 0.3 is 5.97 Å². The summed E-state index contributed by atoms with van der Waals surface area (Å²) in [5, 5.41) is 0. The number of esters is 1. The van der Waals surface area contributed by atoms with Crippen LogP contribution in [0.2, 0.25) is 0 Å². The Kier molecular flexibility index (Phi) is 21.5. The zero-order valence-electron chi connectivity index (χ0n) is 28.1. The van der Waals surface area contributed by atoms with Gasteiger partial charge in [-0.15, -0.1) is 0 Å². The van der Waals surface area contributed by atoms with Crippen molar-refractivity contribution in [3.05, 3.63) is 58.7 Å². The minimum Gasteiger partial charge on any atom is -0.461 e. The average Bonchev–Trinajstić information content (AvgIpc) is 2.92. The first-order valence-corrected chi connectivity index (χ1v) is 17.3. The lowest BCUT2D eigenvalue weighted by Crippen LogP contribution is -2.19. The first kappa shape index (κ1) is 37.2. The van der Waals surface area contributed by atoms with E-state index in [9.17, 15) is 4.79 Å². The molecular formula is C39H66O2. The predicted molar refractivity (Wildman–Crippen MR) is 181 cm³/mol. The maximum atomic E-state index is 12.1. The maximum absolute atomic E-state index is 12.1. The second-order valence-electron chi connectivity index (χ2n) is 13.2. The number of rotatable bonds is 23. The summed E-state index contributed by atoms with van der Waals surface area (Å²) in [5.41, 5.74) is 5.65. The normalized spacial score (nSPS) is 16.3. The van der Waals surface area contributed by atoms with Crippen LogP contribution >= 0.6 is 0 Å². The third-order valence-corrected chi connectivity index (χ3v) is 8.66. The number of hydrogen-bond acceptors (Lipinski definition) is 2.